The van der Waals surface area contributed by atoms with E-state index < -0.39 is 0 Å². The number of aromatic amines is 1. The standard InChI is InChI=1S/C18H24N6O/c25-18(16-15(10-11-19-16)12-4-2-1-3-5-12)20-14-8-6-13(7-9-14)17-21-23-24-22-17/h6-9,12,15-16,19H,1-5,10-11H2,(H,20,25)(H,21,22,23,24)/t15?,16-/m0/s1. The monoisotopic (exact) mass is 340 g/mol. The molecule has 1 aromatic heterocycles. The molecule has 0 radical (unpaired) electrons. The highest BCUT2D eigenvalue weighted by atomic mass is 16.2. The fourth-order valence-electron chi connectivity index (χ4n) is 4.29. The summed E-state index contributed by atoms with van der Waals surface area (Å²) in [5, 5.41) is 20.4. The van der Waals surface area contributed by atoms with E-state index in [0.717, 1.165) is 24.2 Å². The van der Waals surface area contributed by atoms with Crippen LogP contribution in [0.3, 0.4) is 0 Å². The van der Waals surface area contributed by atoms with Gasteiger partial charge >= 0.3 is 0 Å². The number of carbonyl (C=O) groups is 1. The zero-order valence-electron chi connectivity index (χ0n) is 14.2. The van der Waals surface area contributed by atoms with Crippen molar-refractivity contribution in [3.63, 3.8) is 0 Å². The average molecular weight is 340 g/mol. The molecule has 0 bridgehead atoms. The molecule has 3 N–H and O–H groups in total. The van der Waals surface area contributed by atoms with Crippen LogP contribution in [0.5, 0.6) is 0 Å². The molecule has 2 aliphatic rings. The molecule has 132 valence electrons. The smallest absolute Gasteiger partial charge is 0.241 e. The van der Waals surface area contributed by atoms with Crippen LogP contribution in [0.15, 0.2) is 24.3 Å². The molecule has 1 saturated carbocycles. The molecule has 7 nitrogen and oxygen atoms in total. The van der Waals surface area contributed by atoms with Crippen LogP contribution < -0.4 is 10.6 Å². The Balaban J connectivity index is 1.40. The maximum Gasteiger partial charge on any atom is 0.241 e. The third-order valence-electron chi connectivity index (χ3n) is 5.56. The maximum absolute atomic E-state index is 12.8. The van der Waals surface area contributed by atoms with Gasteiger partial charge in [-0.25, -0.2) is 0 Å². The molecular formula is C18H24N6O. The number of hydrogen-bond donors (Lipinski definition) is 3. The Hall–Kier alpha value is -2.28. The van der Waals surface area contributed by atoms with Gasteiger partial charge in [0, 0.05) is 11.3 Å². The minimum atomic E-state index is -0.0695. The first-order valence-corrected chi connectivity index (χ1v) is 9.19. The van der Waals surface area contributed by atoms with E-state index in [-0.39, 0.29) is 11.9 Å². The third kappa shape index (κ3) is 3.56. The number of H-pyrrole nitrogens is 1. The highest BCUT2D eigenvalue weighted by molar-refractivity contribution is 5.95. The summed E-state index contributed by atoms with van der Waals surface area (Å²) < 4.78 is 0. The molecule has 2 fully saturated rings. The first-order valence-electron chi connectivity index (χ1n) is 9.19. The van der Waals surface area contributed by atoms with E-state index in [1.165, 1.54) is 32.1 Å². The number of hydrogen-bond acceptors (Lipinski definition) is 5. The molecule has 2 heterocycles. The molecule has 1 saturated heterocycles. The second-order valence-electron chi connectivity index (χ2n) is 7.08. The summed E-state index contributed by atoms with van der Waals surface area (Å²) in [5.41, 5.74) is 1.67. The summed E-state index contributed by atoms with van der Waals surface area (Å²) in [4.78, 5) is 12.8. The minimum Gasteiger partial charge on any atom is -0.325 e. The molecule has 1 aromatic carbocycles. The minimum absolute atomic E-state index is 0.0695. The fraction of sp³-hybridized carbons (Fsp3) is 0.556. The Bertz CT molecular complexity index is 693. The Morgan fingerprint density at radius 1 is 1.08 bits per heavy atom. The lowest BCUT2D eigenvalue weighted by Crippen LogP contribution is -2.42. The Morgan fingerprint density at radius 2 is 1.88 bits per heavy atom. The van der Waals surface area contributed by atoms with Gasteiger partial charge in [-0.1, -0.05) is 32.1 Å². The highest BCUT2D eigenvalue weighted by Gasteiger charge is 2.38. The van der Waals surface area contributed by atoms with Crippen molar-refractivity contribution in [2.45, 2.75) is 44.6 Å². The van der Waals surface area contributed by atoms with Crippen LogP contribution in [-0.2, 0) is 4.79 Å². The molecule has 0 spiro atoms. The number of amides is 1. The van der Waals surface area contributed by atoms with Crippen LogP contribution in [0.2, 0.25) is 0 Å². The number of benzene rings is 1. The van der Waals surface area contributed by atoms with Gasteiger partial charge in [-0.3, -0.25) is 4.79 Å². The maximum atomic E-state index is 12.8. The van der Waals surface area contributed by atoms with Crippen LogP contribution >= 0.6 is 0 Å². The number of anilines is 1. The molecule has 25 heavy (non-hydrogen) atoms. The van der Waals surface area contributed by atoms with Gasteiger partial charge < -0.3 is 10.6 Å². The van der Waals surface area contributed by atoms with Gasteiger partial charge in [0.15, 0.2) is 0 Å². The SMILES string of the molecule is O=C(Nc1ccc(-c2nn[nH]n2)cc1)[C@H]1NCCC1C1CCCCC1. The van der Waals surface area contributed by atoms with Crippen LogP contribution in [0.25, 0.3) is 11.4 Å². The van der Waals surface area contributed by atoms with Gasteiger partial charge in [0.25, 0.3) is 0 Å². The van der Waals surface area contributed by atoms with E-state index in [0.29, 0.717) is 17.7 Å². The molecule has 1 aliphatic heterocycles. The van der Waals surface area contributed by atoms with Crippen LogP contribution in [-0.4, -0.2) is 39.1 Å². The molecule has 1 unspecified atom stereocenters. The summed E-state index contributed by atoms with van der Waals surface area (Å²) in [6.07, 6.45) is 7.63. The van der Waals surface area contributed by atoms with E-state index in [4.69, 9.17) is 0 Å². The first kappa shape index (κ1) is 16.2. The summed E-state index contributed by atoms with van der Waals surface area (Å²) >= 11 is 0. The van der Waals surface area contributed by atoms with E-state index in [9.17, 15) is 4.79 Å². The Labute approximate surface area is 147 Å². The van der Waals surface area contributed by atoms with E-state index in [2.05, 4.69) is 31.3 Å². The zero-order valence-corrected chi connectivity index (χ0v) is 14.2. The van der Waals surface area contributed by atoms with Crippen molar-refractivity contribution in [1.82, 2.24) is 25.9 Å². The second kappa shape index (κ2) is 7.31. The predicted molar refractivity (Wildman–Crippen MR) is 94.7 cm³/mol. The zero-order chi connectivity index (χ0) is 17.1. The molecule has 2 atom stereocenters. The van der Waals surface area contributed by atoms with Crippen LogP contribution in [0.4, 0.5) is 5.69 Å². The second-order valence-corrected chi connectivity index (χ2v) is 7.08. The van der Waals surface area contributed by atoms with Gasteiger partial charge in [0.1, 0.15) is 0 Å². The summed E-state index contributed by atoms with van der Waals surface area (Å²) in [7, 11) is 0. The number of carbonyl (C=O) groups excluding carboxylic acids is 1. The van der Waals surface area contributed by atoms with Gasteiger partial charge in [-0.2, -0.15) is 5.21 Å². The van der Waals surface area contributed by atoms with Crippen molar-refractivity contribution in [1.29, 1.82) is 0 Å². The molecule has 1 aliphatic carbocycles. The number of rotatable bonds is 4. The van der Waals surface area contributed by atoms with Crippen molar-refractivity contribution in [2.75, 3.05) is 11.9 Å². The topological polar surface area (TPSA) is 95.6 Å². The molecular weight excluding hydrogens is 316 g/mol. The van der Waals surface area contributed by atoms with Crippen molar-refractivity contribution in [3.8, 4) is 11.4 Å². The van der Waals surface area contributed by atoms with E-state index >= 15 is 0 Å². The number of tetrazole rings is 1. The fourth-order valence-corrected chi connectivity index (χ4v) is 4.29. The van der Waals surface area contributed by atoms with Crippen molar-refractivity contribution >= 4 is 11.6 Å². The molecule has 2 aromatic rings. The van der Waals surface area contributed by atoms with Gasteiger partial charge in [0.05, 0.1) is 6.04 Å². The van der Waals surface area contributed by atoms with Gasteiger partial charge in [0.2, 0.25) is 11.7 Å². The van der Waals surface area contributed by atoms with Crippen molar-refractivity contribution in [3.05, 3.63) is 24.3 Å². The average Bonchev–Trinajstić information content (AvgIpc) is 3.35. The Morgan fingerprint density at radius 3 is 2.60 bits per heavy atom. The normalized spacial score (nSPS) is 24.3. The van der Waals surface area contributed by atoms with Crippen molar-refractivity contribution in [2.24, 2.45) is 11.8 Å². The quantitative estimate of drug-likeness (QED) is 0.794. The lowest BCUT2D eigenvalue weighted by Gasteiger charge is -2.30. The molecule has 7 heteroatoms. The molecule has 1 amide bonds. The van der Waals surface area contributed by atoms with Gasteiger partial charge in [-0.05, 0) is 54.3 Å². The molecule has 4 rings (SSSR count). The summed E-state index contributed by atoms with van der Waals surface area (Å²) in [5.74, 6) is 1.80. The summed E-state index contributed by atoms with van der Waals surface area (Å²) in [6.45, 7) is 0.940. The van der Waals surface area contributed by atoms with E-state index in [1.807, 2.05) is 24.3 Å². The highest BCUT2D eigenvalue weighted by Crippen LogP contribution is 2.36. The number of aromatic nitrogens is 4. The van der Waals surface area contributed by atoms with E-state index in [1.54, 1.807) is 0 Å². The largest absolute Gasteiger partial charge is 0.325 e. The number of nitrogens with zero attached hydrogens (tertiary/aromatic N) is 3. The lowest BCUT2D eigenvalue weighted by atomic mass is 9.76. The van der Waals surface area contributed by atoms with Crippen LogP contribution in [0, 0.1) is 11.8 Å². The lowest BCUT2D eigenvalue weighted by molar-refractivity contribution is -0.119. The number of nitrogens with one attached hydrogen (secondary N) is 3. The first-order chi connectivity index (χ1) is 12.3. The van der Waals surface area contributed by atoms with Gasteiger partial charge in [-0.15, -0.1) is 10.2 Å². The third-order valence-corrected chi connectivity index (χ3v) is 5.56. The van der Waals surface area contributed by atoms with Crippen molar-refractivity contribution < 1.29 is 4.79 Å². The predicted octanol–water partition coefficient (Wildman–Crippen LogP) is 2.36. The van der Waals surface area contributed by atoms with Crippen LogP contribution in [0.1, 0.15) is 38.5 Å². The summed E-state index contributed by atoms with van der Waals surface area (Å²) in [6, 6.07) is 7.48. The Kier molecular flexibility index (Phi) is 4.74.